The molecule has 0 aromatic carbocycles. The second-order valence-corrected chi connectivity index (χ2v) is 7.64. The quantitative estimate of drug-likeness (QED) is 0.362. The number of ether oxygens (including phenoxy) is 3. The third-order valence-electron chi connectivity index (χ3n) is 4.39. The minimum atomic E-state index is -1.61. The Labute approximate surface area is 144 Å². The Bertz CT molecular complexity index is 433. The smallest absolute Gasteiger partial charge is 0.318 e. The zero-order chi connectivity index (χ0) is 18.4. The number of esters is 1. The first kappa shape index (κ1) is 20.9. The van der Waals surface area contributed by atoms with Crippen molar-refractivity contribution in [3.05, 3.63) is 0 Å². The summed E-state index contributed by atoms with van der Waals surface area (Å²) in [6, 6.07) is 0. The van der Waals surface area contributed by atoms with Gasteiger partial charge in [-0.05, 0) is 47.0 Å². The van der Waals surface area contributed by atoms with Gasteiger partial charge in [0, 0.05) is 6.42 Å². The van der Waals surface area contributed by atoms with Crippen molar-refractivity contribution in [1.29, 1.82) is 0 Å². The van der Waals surface area contributed by atoms with Crippen LogP contribution < -0.4 is 5.11 Å². The van der Waals surface area contributed by atoms with Gasteiger partial charge in [-0.2, -0.15) is 0 Å². The molecule has 0 spiro atoms. The summed E-state index contributed by atoms with van der Waals surface area (Å²) < 4.78 is 16.6. The number of unbranched alkanes of at least 4 members (excludes halogenated alkanes) is 2. The molecular weight excluding hydrogens is 312 g/mol. The Kier molecular flexibility index (Phi) is 7.23. The Morgan fingerprint density at radius 3 is 2.12 bits per heavy atom. The molecule has 140 valence electrons. The molecule has 24 heavy (non-hydrogen) atoms. The second-order valence-electron chi connectivity index (χ2n) is 7.64. The third kappa shape index (κ3) is 5.74. The highest BCUT2D eigenvalue weighted by Crippen LogP contribution is 2.31. The van der Waals surface area contributed by atoms with Gasteiger partial charge >= 0.3 is 5.97 Å². The van der Waals surface area contributed by atoms with Crippen LogP contribution in [0.2, 0.25) is 0 Å². The summed E-state index contributed by atoms with van der Waals surface area (Å²) in [6.07, 6.45) is 4.01. The van der Waals surface area contributed by atoms with E-state index < -0.39 is 28.7 Å². The fourth-order valence-corrected chi connectivity index (χ4v) is 2.75. The summed E-state index contributed by atoms with van der Waals surface area (Å²) >= 11 is 0. The highest BCUT2D eigenvalue weighted by Gasteiger charge is 2.38. The number of rotatable bonds is 9. The van der Waals surface area contributed by atoms with Crippen molar-refractivity contribution in [2.24, 2.45) is 5.41 Å². The first-order valence-electron chi connectivity index (χ1n) is 8.77. The molecule has 1 rings (SSSR count). The van der Waals surface area contributed by atoms with Gasteiger partial charge in [-0.15, -0.1) is 0 Å². The van der Waals surface area contributed by atoms with Crippen molar-refractivity contribution >= 4 is 11.9 Å². The van der Waals surface area contributed by atoms with Crippen molar-refractivity contribution < 1.29 is 28.9 Å². The number of carboxylic acids is 1. The Balaban J connectivity index is 2.46. The van der Waals surface area contributed by atoms with Crippen LogP contribution in [0.1, 0.15) is 73.1 Å². The maximum absolute atomic E-state index is 12.2. The highest BCUT2D eigenvalue weighted by atomic mass is 16.7. The van der Waals surface area contributed by atoms with Gasteiger partial charge in [0.2, 0.25) is 0 Å². The van der Waals surface area contributed by atoms with E-state index in [9.17, 15) is 14.7 Å². The van der Waals surface area contributed by atoms with E-state index in [4.69, 9.17) is 14.2 Å². The molecule has 1 aliphatic rings. The van der Waals surface area contributed by atoms with E-state index in [2.05, 4.69) is 0 Å². The van der Waals surface area contributed by atoms with Gasteiger partial charge in [0.25, 0.3) is 0 Å². The van der Waals surface area contributed by atoms with Gasteiger partial charge < -0.3 is 24.1 Å². The summed E-state index contributed by atoms with van der Waals surface area (Å²) in [4.78, 5) is 23.7. The normalized spacial score (nSPS) is 19.7. The molecule has 1 atom stereocenters. The standard InChI is InChI=1S/C18H32O6/c1-6-18(22-12-13-23-18)11-9-7-8-10-17(5,14(19)20)15(21)24-16(2,3)4/h6-13H2,1-5H3,(H,19,20)/p-1. The minimum absolute atomic E-state index is 0.199. The molecule has 0 N–H and O–H groups in total. The maximum Gasteiger partial charge on any atom is 0.318 e. The molecule has 0 radical (unpaired) electrons. The first-order chi connectivity index (χ1) is 11.0. The summed E-state index contributed by atoms with van der Waals surface area (Å²) in [5.74, 6) is -2.60. The monoisotopic (exact) mass is 343 g/mol. The van der Waals surface area contributed by atoms with Crippen LogP contribution in [0.15, 0.2) is 0 Å². The van der Waals surface area contributed by atoms with Gasteiger partial charge in [0.1, 0.15) is 11.0 Å². The lowest BCUT2D eigenvalue weighted by Gasteiger charge is -2.32. The molecular formula is C18H31O6-. The van der Waals surface area contributed by atoms with Gasteiger partial charge in [-0.3, -0.25) is 4.79 Å². The van der Waals surface area contributed by atoms with Gasteiger partial charge in [0.15, 0.2) is 5.79 Å². The van der Waals surface area contributed by atoms with Gasteiger partial charge in [-0.25, -0.2) is 0 Å². The Morgan fingerprint density at radius 1 is 1.08 bits per heavy atom. The molecule has 0 amide bonds. The predicted octanol–water partition coefficient (Wildman–Crippen LogP) is 2.19. The molecule has 0 aromatic heterocycles. The molecule has 0 bridgehead atoms. The van der Waals surface area contributed by atoms with Crippen molar-refractivity contribution in [3.8, 4) is 0 Å². The van der Waals surface area contributed by atoms with Crippen LogP contribution in [0.5, 0.6) is 0 Å². The lowest BCUT2D eigenvalue weighted by atomic mass is 9.84. The Hall–Kier alpha value is -1.14. The van der Waals surface area contributed by atoms with Crippen molar-refractivity contribution in [2.45, 2.75) is 84.5 Å². The van der Waals surface area contributed by atoms with E-state index in [1.807, 2.05) is 6.92 Å². The van der Waals surface area contributed by atoms with E-state index in [0.717, 1.165) is 25.7 Å². The zero-order valence-corrected chi connectivity index (χ0v) is 15.6. The molecule has 0 aromatic rings. The van der Waals surface area contributed by atoms with Crippen LogP contribution in [0.3, 0.4) is 0 Å². The third-order valence-corrected chi connectivity index (χ3v) is 4.39. The van der Waals surface area contributed by atoms with Crippen LogP contribution in [0.25, 0.3) is 0 Å². The molecule has 6 heteroatoms. The summed E-state index contributed by atoms with van der Waals surface area (Å²) in [5, 5.41) is 11.5. The number of carboxylic acid groups (broad SMARTS) is 1. The van der Waals surface area contributed by atoms with Crippen molar-refractivity contribution in [1.82, 2.24) is 0 Å². The number of hydrogen-bond acceptors (Lipinski definition) is 6. The van der Waals surface area contributed by atoms with E-state index in [1.54, 1.807) is 20.8 Å². The topological polar surface area (TPSA) is 84.9 Å². The summed E-state index contributed by atoms with van der Waals surface area (Å²) in [6.45, 7) is 9.80. The number of carbonyl (C=O) groups is 2. The van der Waals surface area contributed by atoms with Crippen LogP contribution in [0.4, 0.5) is 0 Å². The van der Waals surface area contributed by atoms with Crippen LogP contribution in [-0.2, 0) is 23.8 Å². The predicted molar refractivity (Wildman–Crippen MR) is 87.0 cm³/mol. The van der Waals surface area contributed by atoms with E-state index >= 15 is 0 Å². The second kappa shape index (κ2) is 8.30. The molecule has 1 saturated heterocycles. The Morgan fingerprint density at radius 2 is 1.67 bits per heavy atom. The van der Waals surface area contributed by atoms with Gasteiger partial charge in [-0.1, -0.05) is 19.8 Å². The van der Waals surface area contributed by atoms with Crippen LogP contribution in [-0.4, -0.2) is 36.5 Å². The van der Waals surface area contributed by atoms with E-state index in [-0.39, 0.29) is 6.42 Å². The number of carbonyl (C=O) groups excluding carboxylic acids is 2. The van der Waals surface area contributed by atoms with Crippen molar-refractivity contribution in [2.75, 3.05) is 13.2 Å². The minimum Gasteiger partial charge on any atom is -0.549 e. The molecule has 1 fully saturated rings. The van der Waals surface area contributed by atoms with E-state index in [0.29, 0.717) is 19.6 Å². The molecule has 1 unspecified atom stereocenters. The molecule has 6 nitrogen and oxygen atoms in total. The first-order valence-corrected chi connectivity index (χ1v) is 8.77. The SMILES string of the molecule is CCC1(CCCCCC(C)(C(=O)[O-])C(=O)OC(C)(C)C)OCCO1. The summed E-state index contributed by atoms with van der Waals surface area (Å²) in [5.41, 5.74) is -2.34. The molecule has 1 heterocycles. The maximum atomic E-state index is 12.2. The van der Waals surface area contributed by atoms with E-state index in [1.165, 1.54) is 6.92 Å². The van der Waals surface area contributed by atoms with Crippen LogP contribution in [0, 0.1) is 5.41 Å². The van der Waals surface area contributed by atoms with Gasteiger partial charge in [0.05, 0.1) is 19.2 Å². The van der Waals surface area contributed by atoms with Crippen molar-refractivity contribution in [3.63, 3.8) is 0 Å². The number of hydrogen-bond donors (Lipinski definition) is 0. The average Bonchev–Trinajstić information content (AvgIpc) is 2.94. The van der Waals surface area contributed by atoms with Crippen LogP contribution >= 0.6 is 0 Å². The average molecular weight is 343 g/mol. The lowest BCUT2D eigenvalue weighted by molar-refractivity contribution is -0.318. The molecule has 0 aliphatic carbocycles. The fourth-order valence-electron chi connectivity index (χ4n) is 2.75. The zero-order valence-electron chi connectivity index (χ0n) is 15.6. The molecule has 0 saturated carbocycles. The highest BCUT2D eigenvalue weighted by molar-refractivity contribution is 5.97. The number of aliphatic carboxylic acids is 1. The largest absolute Gasteiger partial charge is 0.549 e. The fraction of sp³-hybridized carbons (Fsp3) is 0.889. The lowest BCUT2D eigenvalue weighted by Crippen LogP contribution is -2.48. The summed E-state index contributed by atoms with van der Waals surface area (Å²) in [7, 11) is 0. The molecule has 1 aliphatic heterocycles.